The molecule has 0 fully saturated rings. The van der Waals surface area contributed by atoms with Crippen LogP contribution in [-0.4, -0.2) is 23.8 Å². The van der Waals surface area contributed by atoms with Crippen LogP contribution in [0.5, 0.6) is 11.5 Å². The van der Waals surface area contributed by atoms with Crippen molar-refractivity contribution in [1.29, 1.82) is 0 Å². The van der Waals surface area contributed by atoms with Crippen LogP contribution in [0.2, 0.25) is 0 Å². The van der Waals surface area contributed by atoms with Crippen molar-refractivity contribution in [3.05, 3.63) is 23.8 Å². The molecule has 1 aromatic rings. The van der Waals surface area contributed by atoms with E-state index in [1.165, 1.54) is 13.2 Å². The van der Waals surface area contributed by atoms with Crippen molar-refractivity contribution in [2.24, 2.45) is 0 Å². The lowest BCUT2D eigenvalue weighted by Gasteiger charge is -2.20. The maximum atomic E-state index is 11.7. The van der Waals surface area contributed by atoms with Gasteiger partial charge in [-0.05, 0) is 32.9 Å². The van der Waals surface area contributed by atoms with Crippen LogP contribution in [0.1, 0.15) is 31.1 Å². The zero-order valence-corrected chi connectivity index (χ0v) is 9.90. The molecule has 1 N–H and O–H groups in total. The van der Waals surface area contributed by atoms with E-state index in [1.807, 2.05) is 0 Å². The van der Waals surface area contributed by atoms with E-state index >= 15 is 0 Å². The zero-order chi connectivity index (χ0) is 12.3. The first-order chi connectivity index (χ1) is 7.35. The topological polar surface area (TPSA) is 55.8 Å². The number of ether oxygens (including phenoxy) is 2. The van der Waals surface area contributed by atoms with Crippen LogP contribution in [-0.2, 0) is 4.74 Å². The molecule has 16 heavy (non-hydrogen) atoms. The van der Waals surface area contributed by atoms with E-state index in [2.05, 4.69) is 0 Å². The first kappa shape index (κ1) is 12.4. The number of para-hydroxylation sites is 1. The standard InChI is InChI=1S/C12H16O4/c1-12(2,3)16-11(14)8-6-5-7-9(15-4)10(8)13/h5-7,13H,1-4H3. The van der Waals surface area contributed by atoms with Gasteiger partial charge in [-0.15, -0.1) is 0 Å². The van der Waals surface area contributed by atoms with Crippen LogP contribution < -0.4 is 4.74 Å². The highest BCUT2D eigenvalue weighted by Gasteiger charge is 2.21. The summed E-state index contributed by atoms with van der Waals surface area (Å²) < 4.78 is 10.1. The van der Waals surface area contributed by atoms with E-state index in [1.54, 1.807) is 32.9 Å². The maximum absolute atomic E-state index is 11.7. The second-order valence-electron chi connectivity index (χ2n) is 4.36. The van der Waals surface area contributed by atoms with Crippen LogP contribution in [0.25, 0.3) is 0 Å². The molecule has 0 heterocycles. The molecule has 88 valence electrons. The average Bonchev–Trinajstić information content (AvgIpc) is 2.15. The maximum Gasteiger partial charge on any atom is 0.342 e. The molecule has 0 unspecified atom stereocenters. The Hall–Kier alpha value is -1.71. The Morgan fingerprint density at radius 3 is 2.44 bits per heavy atom. The Bertz CT molecular complexity index is 390. The van der Waals surface area contributed by atoms with Gasteiger partial charge in [0.15, 0.2) is 11.5 Å². The number of methoxy groups -OCH3 is 1. The van der Waals surface area contributed by atoms with Crippen LogP contribution in [0.4, 0.5) is 0 Å². The normalized spacial score (nSPS) is 11.0. The van der Waals surface area contributed by atoms with Crippen molar-refractivity contribution in [1.82, 2.24) is 0 Å². The summed E-state index contributed by atoms with van der Waals surface area (Å²) in [6.45, 7) is 5.30. The van der Waals surface area contributed by atoms with Gasteiger partial charge in [0.1, 0.15) is 11.2 Å². The van der Waals surface area contributed by atoms with Gasteiger partial charge in [-0.1, -0.05) is 6.07 Å². The Morgan fingerprint density at radius 2 is 1.94 bits per heavy atom. The summed E-state index contributed by atoms with van der Waals surface area (Å²) in [6, 6.07) is 4.69. The third-order valence-corrected chi connectivity index (χ3v) is 1.84. The number of hydrogen-bond acceptors (Lipinski definition) is 4. The minimum absolute atomic E-state index is 0.106. The molecule has 1 aromatic carbocycles. The Morgan fingerprint density at radius 1 is 1.31 bits per heavy atom. The third-order valence-electron chi connectivity index (χ3n) is 1.84. The third kappa shape index (κ3) is 2.89. The molecule has 0 aliphatic heterocycles. The van der Waals surface area contributed by atoms with E-state index < -0.39 is 11.6 Å². The highest BCUT2D eigenvalue weighted by atomic mass is 16.6. The summed E-state index contributed by atoms with van der Waals surface area (Å²) in [5.74, 6) is -0.508. The summed E-state index contributed by atoms with van der Waals surface area (Å²) in [5.41, 5.74) is -0.485. The fraction of sp³-hybridized carbons (Fsp3) is 0.417. The van der Waals surface area contributed by atoms with E-state index in [0.29, 0.717) is 0 Å². The number of rotatable bonds is 2. The lowest BCUT2D eigenvalue weighted by molar-refractivity contribution is 0.00663. The first-order valence-electron chi connectivity index (χ1n) is 4.94. The first-order valence-corrected chi connectivity index (χ1v) is 4.94. The number of benzene rings is 1. The van der Waals surface area contributed by atoms with Gasteiger partial charge in [-0.2, -0.15) is 0 Å². The van der Waals surface area contributed by atoms with E-state index in [9.17, 15) is 9.90 Å². The summed E-state index contributed by atoms with van der Waals surface area (Å²) in [5, 5.41) is 9.73. The lowest BCUT2D eigenvalue weighted by Crippen LogP contribution is -2.23. The molecule has 4 nitrogen and oxygen atoms in total. The number of hydrogen-bond donors (Lipinski definition) is 1. The highest BCUT2D eigenvalue weighted by molar-refractivity contribution is 5.93. The van der Waals surface area contributed by atoms with Gasteiger partial charge in [0.2, 0.25) is 0 Å². The summed E-state index contributed by atoms with van der Waals surface area (Å²) in [7, 11) is 1.42. The van der Waals surface area contributed by atoms with Crippen LogP contribution in [0, 0.1) is 0 Å². The van der Waals surface area contributed by atoms with Gasteiger partial charge < -0.3 is 14.6 Å². The van der Waals surface area contributed by atoms with Crippen molar-refractivity contribution in [2.75, 3.05) is 7.11 Å². The van der Waals surface area contributed by atoms with Crippen LogP contribution >= 0.6 is 0 Å². The predicted octanol–water partition coefficient (Wildman–Crippen LogP) is 2.36. The lowest BCUT2D eigenvalue weighted by atomic mass is 10.1. The Balaban J connectivity index is 3.01. The largest absolute Gasteiger partial charge is 0.504 e. The summed E-state index contributed by atoms with van der Waals surface area (Å²) in [4.78, 5) is 11.7. The van der Waals surface area contributed by atoms with Gasteiger partial charge in [0, 0.05) is 0 Å². The fourth-order valence-corrected chi connectivity index (χ4v) is 1.18. The minimum atomic E-state index is -0.591. The monoisotopic (exact) mass is 224 g/mol. The van der Waals surface area contributed by atoms with Crippen molar-refractivity contribution in [2.45, 2.75) is 26.4 Å². The van der Waals surface area contributed by atoms with Crippen LogP contribution in [0.15, 0.2) is 18.2 Å². The van der Waals surface area contributed by atoms with Gasteiger partial charge >= 0.3 is 5.97 Å². The average molecular weight is 224 g/mol. The highest BCUT2D eigenvalue weighted by Crippen LogP contribution is 2.30. The van der Waals surface area contributed by atoms with E-state index in [4.69, 9.17) is 9.47 Å². The number of esters is 1. The molecule has 0 aliphatic carbocycles. The molecule has 0 spiro atoms. The van der Waals surface area contributed by atoms with E-state index in [-0.39, 0.29) is 17.1 Å². The SMILES string of the molecule is COc1cccc(C(=O)OC(C)(C)C)c1O. The summed E-state index contributed by atoms with van der Waals surface area (Å²) >= 11 is 0. The Kier molecular flexibility index (Phi) is 3.42. The summed E-state index contributed by atoms with van der Waals surface area (Å²) in [6.07, 6.45) is 0. The molecule has 0 saturated carbocycles. The quantitative estimate of drug-likeness (QED) is 0.783. The number of carbonyl (C=O) groups excluding carboxylic acids is 1. The number of phenolic OH excluding ortho intramolecular Hbond substituents is 1. The molecule has 0 aromatic heterocycles. The second-order valence-corrected chi connectivity index (χ2v) is 4.36. The predicted molar refractivity (Wildman–Crippen MR) is 59.8 cm³/mol. The molecule has 0 amide bonds. The number of carbonyl (C=O) groups is 1. The molecular formula is C12H16O4. The molecule has 4 heteroatoms. The van der Waals surface area contributed by atoms with Crippen molar-refractivity contribution < 1.29 is 19.4 Å². The molecule has 0 bridgehead atoms. The van der Waals surface area contributed by atoms with Crippen molar-refractivity contribution >= 4 is 5.97 Å². The van der Waals surface area contributed by atoms with Gasteiger partial charge in [-0.25, -0.2) is 4.79 Å². The van der Waals surface area contributed by atoms with Crippen LogP contribution in [0.3, 0.4) is 0 Å². The molecule has 0 saturated heterocycles. The molecule has 1 rings (SSSR count). The van der Waals surface area contributed by atoms with Crippen molar-refractivity contribution in [3.8, 4) is 11.5 Å². The molecule has 0 atom stereocenters. The zero-order valence-electron chi connectivity index (χ0n) is 9.90. The second kappa shape index (κ2) is 4.43. The molecule has 0 radical (unpaired) electrons. The minimum Gasteiger partial charge on any atom is -0.504 e. The number of aromatic hydroxyl groups is 1. The number of phenols is 1. The van der Waals surface area contributed by atoms with Crippen molar-refractivity contribution in [3.63, 3.8) is 0 Å². The van der Waals surface area contributed by atoms with E-state index in [0.717, 1.165) is 0 Å². The van der Waals surface area contributed by atoms with Gasteiger partial charge in [-0.3, -0.25) is 0 Å². The fourth-order valence-electron chi connectivity index (χ4n) is 1.18. The molecule has 0 aliphatic rings. The molecular weight excluding hydrogens is 208 g/mol. The Labute approximate surface area is 94.8 Å². The van der Waals surface area contributed by atoms with Gasteiger partial charge in [0.05, 0.1) is 7.11 Å². The smallest absolute Gasteiger partial charge is 0.342 e. The van der Waals surface area contributed by atoms with Gasteiger partial charge in [0.25, 0.3) is 0 Å².